The minimum Gasteiger partial charge on any atom is -0.405 e. The van der Waals surface area contributed by atoms with E-state index in [0.717, 1.165) is 17.3 Å². The van der Waals surface area contributed by atoms with E-state index in [1.807, 2.05) is 12.1 Å². The lowest BCUT2D eigenvalue weighted by molar-refractivity contribution is -0.274. The van der Waals surface area contributed by atoms with Gasteiger partial charge in [0.1, 0.15) is 5.75 Å². The summed E-state index contributed by atoms with van der Waals surface area (Å²) in [4.78, 5) is 12.3. The zero-order chi connectivity index (χ0) is 23.1. The third-order valence-corrected chi connectivity index (χ3v) is 5.36. The van der Waals surface area contributed by atoms with Crippen LogP contribution in [0.25, 0.3) is 11.4 Å². The number of nitrogens with zero attached hydrogens (tertiary/aromatic N) is 3. The van der Waals surface area contributed by atoms with Crippen LogP contribution in [0.1, 0.15) is 5.56 Å². The maximum absolute atomic E-state index is 12.5. The van der Waals surface area contributed by atoms with E-state index in [1.54, 1.807) is 28.8 Å². The number of para-hydroxylation sites is 1. The van der Waals surface area contributed by atoms with Gasteiger partial charge in [-0.2, -0.15) is 0 Å². The highest BCUT2D eigenvalue weighted by atomic mass is 35.5. The van der Waals surface area contributed by atoms with Crippen molar-refractivity contribution < 1.29 is 22.7 Å². The van der Waals surface area contributed by atoms with Crippen molar-refractivity contribution in [1.29, 1.82) is 0 Å². The average molecular weight is 483 g/mol. The Morgan fingerprint density at radius 1 is 1.19 bits per heavy atom. The second kappa shape index (κ2) is 10.6. The Kier molecular flexibility index (Phi) is 7.81. The van der Waals surface area contributed by atoms with Crippen LogP contribution in [0.2, 0.25) is 5.02 Å². The molecule has 2 aromatic carbocycles. The van der Waals surface area contributed by atoms with Crippen LogP contribution in [0.15, 0.2) is 66.3 Å². The molecule has 0 aliphatic rings. The molecule has 0 atom stereocenters. The van der Waals surface area contributed by atoms with Gasteiger partial charge in [0.2, 0.25) is 5.91 Å². The molecule has 0 aliphatic carbocycles. The van der Waals surface area contributed by atoms with E-state index in [1.165, 1.54) is 18.2 Å². The summed E-state index contributed by atoms with van der Waals surface area (Å²) in [7, 11) is 0. The number of allylic oxidation sites excluding steroid dienone is 1. The van der Waals surface area contributed by atoms with Gasteiger partial charge in [-0.3, -0.25) is 9.36 Å². The Morgan fingerprint density at radius 3 is 2.59 bits per heavy atom. The number of carbonyl (C=O) groups excluding carboxylic acids is 1. The van der Waals surface area contributed by atoms with Gasteiger partial charge >= 0.3 is 6.36 Å². The molecule has 1 amide bonds. The van der Waals surface area contributed by atoms with E-state index in [4.69, 9.17) is 11.6 Å². The molecule has 0 fully saturated rings. The lowest BCUT2D eigenvalue weighted by Gasteiger charge is -2.13. The summed E-state index contributed by atoms with van der Waals surface area (Å²) in [6, 6.07) is 12.7. The summed E-state index contributed by atoms with van der Waals surface area (Å²) in [5.41, 5.74) is 1.02. The van der Waals surface area contributed by atoms with Gasteiger partial charge < -0.3 is 10.1 Å². The summed E-state index contributed by atoms with van der Waals surface area (Å²) in [6.07, 6.45) is -3.13. The van der Waals surface area contributed by atoms with E-state index in [0.29, 0.717) is 22.5 Å². The van der Waals surface area contributed by atoms with Crippen LogP contribution in [-0.4, -0.2) is 32.8 Å². The molecule has 1 aromatic heterocycles. The van der Waals surface area contributed by atoms with Crippen LogP contribution in [0.3, 0.4) is 0 Å². The first-order valence-electron chi connectivity index (χ1n) is 9.30. The number of benzene rings is 2. The predicted octanol–water partition coefficient (Wildman–Crippen LogP) is 5.09. The molecule has 0 unspecified atom stereocenters. The minimum atomic E-state index is -4.81. The standard InChI is InChI=1S/C21H18ClF3N4O2S/c1-2-11-29-19(14-7-9-16(22)10-8-14)27-28-20(29)32-13-18(30)26-12-15-5-3-4-6-17(15)31-21(23,24)25/h2-10H,1,11-13H2,(H,26,30). The number of thioether (sulfide) groups is 1. The van der Waals surface area contributed by atoms with Crippen molar-refractivity contribution in [3.63, 3.8) is 0 Å². The third kappa shape index (κ3) is 6.51. The molecular weight excluding hydrogens is 465 g/mol. The molecule has 3 aromatic rings. The maximum Gasteiger partial charge on any atom is 0.573 e. The number of nitrogens with one attached hydrogen (secondary N) is 1. The lowest BCUT2D eigenvalue weighted by Crippen LogP contribution is -2.26. The topological polar surface area (TPSA) is 69.0 Å². The number of carbonyl (C=O) groups is 1. The zero-order valence-corrected chi connectivity index (χ0v) is 18.2. The number of hydrogen-bond donors (Lipinski definition) is 1. The largest absolute Gasteiger partial charge is 0.573 e. The van der Waals surface area contributed by atoms with Gasteiger partial charge in [0, 0.05) is 29.2 Å². The quantitative estimate of drug-likeness (QED) is 0.340. The number of alkyl halides is 3. The minimum absolute atomic E-state index is 0.00180. The van der Waals surface area contributed by atoms with Crippen LogP contribution in [0.5, 0.6) is 5.75 Å². The normalized spacial score (nSPS) is 11.2. The molecule has 3 rings (SSSR count). The zero-order valence-electron chi connectivity index (χ0n) is 16.6. The van der Waals surface area contributed by atoms with Gasteiger partial charge in [-0.15, -0.1) is 29.9 Å². The van der Waals surface area contributed by atoms with Crippen molar-refractivity contribution in [3.05, 3.63) is 71.8 Å². The molecule has 1 N–H and O–H groups in total. The van der Waals surface area contributed by atoms with Gasteiger partial charge in [-0.05, 0) is 30.3 Å². The van der Waals surface area contributed by atoms with Crippen molar-refractivity contribution >= 4 is 29.3 Å². The number of aromatic nitrogens is 3. The Hall–Kier alpha value is -2.98. The summed E-state index contributed by atoms with van der Waals surface area (Å²) in [5, 5.41) is 12.0. The molecule has 6 nitrogen and oxygen atoms in total. The maximum atomic E-state index is 12.5. The molecule has 1 heterocycles. The third-order valence-electron chi connectivity index (χ3n) is 4.14. The molecule has 32 heavy (non-hydrogen) atoms. The first kappa shape index (κ1) is 23.7. The van der Waals surface area contributed by atoms with Crippen molar-refractivity contribution in [2.45, 2.75) is 24.6 Å². The fraction of sp³-hybridized carbons (Fsp3) is 0.190. The van der Waals surface area contributed by atoms with Gasteiger partial charge in [-0.25, -0.2) is 0 Å². The van der Waals surface area contributed by atoms with Crippen LogP contribution in [-0.2, 0) is 17.9 Å². The molecule has 0 saturated heterocycles. The van der Waals surface area contributed by atoms with E-state index in [9.17, 15) is 18.0 Å². The summed E-state index contributed by atoms with van der Waals surface area (Å²) >= 11 is 7.09. The number of rotatable bonds is 9. The second-order valence-corrected chi connectivity index (χ2v) is 7.81. The summed E-state index contributed by atoms with van der Waals surface area (Å²) in [6.45, 7) is 4.06. The first-order chi connectivity index (χ1) is 15.3. The SMILES string of the molecule is C=CCn1c(SCC(=O)NCc2ccccc2OC(F)(F)F)nnc1-c1ccc(Cl)cc1. The number of hydrogen-bond acceptors (Lipinski definition) is 5. The van der Waals surface area contributed by atoms with Crippen LogP contribution < -0.4 is 10.1 Å². The molecule has 0 aliphatic heterocycles. The Labute approximate surface area is 191 Å². The number of ether oxygens (including phenoxy) is 1. The van der Waals surface area contributed by atoms with E-state index in [2.05, 4.69) is 26.8 Å². The monoisotopic (exact) mass is 482 g/mol. The highest BCUT2D eigenvalue weighted by Gasteiger charge is 2.32. The van der Waals surface area contributed by atoms with Crippen LogP contribution >= 0.6 is 23.4 Å². The van der Waals surface area contributed by atoms with Gasteiger partial charge in [0.05, 0.1) is 5.75 Å². The van der Waals surface area contributed by atoms with E-state index in [-0.39, 0.29) is 29.5 Å². The number of halogens is 4. The predicted molar refractivity (Wildman–Crippen MR) is 116 cm³/mol. The number of amides is 1. The van der Waals surface area contributed by atoms with Crippen molar-refractivity contribution in [2.75, 3.05) is 5.75 Å². The van der Waals surface area contributed by atoms with Gasteiger partial charge in [0.25, 0.3) is 0 Å². The Morgan fingerprint density at radius 2 is 1.91 bits per heavy atom. The van der Waals surface area contributed by atoms with Crippen LogP contribution in [0, 0.1) is 0 Å². The fourth-order valence-electron chi connectivity index (χ4n) is 2.75. The van der Waals surface area contributed by atoms with Crippen molar-refractivity contribution in [3.8, 4) is 17.1 Å². The molecule has 0 radical (unpaired) electrons. The average Bonchev–Trinajstić information content (AvgIpc) is 3.14. The Bertz CT molecular complexity index is 1090. The molecule has 168 valence electrons. The fourth-order valence-corrected chi connectivity index (χ4v) is 3.65. The summed E-state index contributed by atoms with van der Waals surface area (Å²) in [5.74, 6) is -0.134. The molecule has 0 saturated carbocycles. The smallest absolute Gasteiger partial charge is 0.405 e. The molecular formula is C21H18ClF3N4O2S. The van der Waals surface area contributed by atoms with Gasteiger partial charge in [0.15, 0.2) is 11.0 Å². The van der Waals surface area contributed by atoms with E-state index >= 15 is 0 Å². The Balaban J connectivity index is 1.63. The van der Waals surface area contributed by atoms with Crippen LogP contribution in [0.4, 0.5) is 13.2 Å². The lowest BCUT2D eigenvalue weighted by atomic mass is 10.2. The molecule has 11 heteroatoms. The summed E-state index contributed by atoms with van der Waals surface area (Å²) < 4.78 is 43.4. The van der Waals surface area contributed by atoms with Crippen molar-refractivity contribution in [2.24, 2.45) is 0 Å². The highest BCUT2D eigenvalue weighted by Crippen LogP contribution is 2.27. The van der Waals surface area contributed by atoms with E-state index < -0.39 is 6.36 Å². The second-order valence-electron chi connectivity index (χ2n) is 6.43. The molecule has 0 spiro atoms. The first-order valence-corrected chi connectivity index (χ1v) is 10.7. The van der Waals surface area contributed by atoms with Crippen molar-refractivity contribution in [1.82, 2.24) is 20.1 Å². The molecule has 0 bridgehead atoms. The van der Waals surface area contributed by atoms with Gasteiger partial charge in [-0.1, -0.05) is 47.6 Å². The highest BCUT2D eigenvalue weighted by molar-refractivity contribution is 7.99.